The number of nitrogens with zero attached hydrogens (tertiary/aromatic N) is 6. The average Bonchev–Trinajstić information content (AvgIpc) is 2.84. The molecule has 4 fully saturated rings. The fraction of sp³-hybridized carbons (Fsp3) is 0.857. The quantitative estimate of drug-likeness (QED) is 0.453. The van der Waals surface area contributed by atoms with Crippen LogP contribution < -0.4 is 0 Å². The molecule has 0 radical (unpaired) electrons. The summed E-state index contributed by atoms with van der Waals surface area (Å²) in [6.45, 7) is 16.0. The number of carbonyl (C=O) groups excluding carboxylic acids is 4. The first kappa shape index (κ1) is 29.1. The summed E-state index contributed by atoms with van der Waals surface area (Å²) in [5.74, 6) is 0.650. The molecule has 214 valence electrons. The summed E-state index contributed by atoms with van der Waals surface area (Å²) in [4.78, 5) is 63.3. The van der Waals surface area contributed by atoms with E-state index in [0.29, 0.717) is 37.3 Å². The maximum atomic E-state index is 13.0. The summed E-state index contributed by atoms with van der Waals surface area (Å²) >= 11 is 0. The van der Waals surface area contributed by atoms with Crippen LogP contribution in [0.4, 0.5) is 0 Å². The molecule has 0 aromatic heterocycles. The van der Waals surface area contributed by atoms with Gasteiger partial charge >= 0.3 is 0 Å². The summed E-state index contributed by atoms with van der Waals surface area (Å²) in [6.07, 6.45) is 4.33. The Morgan fingerprint density at radius 2 is 0.921 bits per heavy atom. The Kier molecular flexibility index (Phi) is 9.27. The molecule has 4 aliphatic rings. The number of piperazine rings is 2. The number of likely N-dealkylation sites (tertiary alicyclic amines) is 2. The van der Waals surface area contributed by atoms with Gasteiger partial charge in [0.05, 0.1) is 39.5 Å². The SMILES string of the molecule is CC1CCN(CN2C(=O)CN(C(C)C(C)N3CC(=O)N(CN4CCC(C)CC4C)C(=O)C3)CC2=O)C(C)C1. The lowest BCUT2D eigenvalue weighted by Gasteiger charge is -2.45. The zero-order valence-corrected chi connectivity index (χ0v) is 24.3. The highest BCUT2D eigenvalue weighted by molar-refractivity contribution is 6.00. The van der Waals surface area contributed by atoms with E-state index in [2.05, 4.69) is 37.5 Å². The molecule has 4 amide bonds. The molecule has 6 unspecified atom stereocenters. The predicted molar refractivity (Wildman–Crippen MR) is 145 cm³/mol. The average molecular weight is 533 g/mol. The number of amides is 4. The van der Waals surface area contributed by atoms with Crippen molar-refractivity contribution in [2.24, 2.45) is 11.8 Å². The molecule has 38 heavy (non-hydrogen) atoms. The van der Waals surface area contributed by atoms with Gasteiger partial charge < -0.3 is 0 Å². The van der Waals surface area contributed by atoms with Gasteiger partial charge in [0.15, 0.2) is 0 Å². The minimum absolute atomic E-state index is 0.157. The number of rotatable bonds is 7. The molecule has 4 rings (SSSR count). The summed E-state index contributed by atoms with van der Waals surface area (Å²) in [5.41, 5.74) is 0. The van der Waals surface area contributed by atoms with E-state index in [0.717, 1.165) is 38.8 Å². The minimum Gasteiger partial charge on any atom is -0.283 e. The van der Waals surface area contributed by atoms with Crippen molar-refractivity contribution in [2.75, 3.05) is 52.6 Å². The van der Waals surface area contributed by atoms with E-state index in [-0.39, 0.29) is 61.9 Å². The zero-order valence-electron chi connectivity index (χ0n) is 24.3. The highest BCUT2D eigenvalue weighted by Crippen LogP contribution is 2.25. The van der Waals surface area contributed by atoms with Crippen LogP contribution in [-0.4, -0.2) is 130 Å². The fourth-order valence-corrected chi connectivity index (χ4v) is 6.62. The van der Waals surface area contributed by atoms with Gasteiger partial charge in [0, 0.05) is 37.3 Å². The van der Waals surface area contributed by atoms with Crippen molar-refractivity contribution >= 4 is 23.6 Å². The van der Waals surface area contributed by atoms with Crippen LogP contribution in [0, 0.1) is 11.8 Å². The Morgan fingerprint density at radius 3 is 1.21 bits per heavy atom. The molecule has 0 bridgehead atoms. The molecule has 0 aromatic rings. The highest BCUT2D eigenvalue weighted by atomic mass is 16.2. The smallest absolute Gasteiger partial charge is 0.244 e. The Morgan fingerprint density at radius 1 is 0.605 bits per heavy atom. The first-order valence-corrected chi connectivity index (χ1v) is 14.6. The largest absolute Gasteiger partial charge is 0.283 e. The molecular weight excluding hydrogens is 484 g/mol. The molecule has 0 aromatic carbocycles. The van der Waals surface area contributed by atoms with E-state index in [9.17, 15) is 19.2 Å². The molecule has 0 aliphatic carbocycles. The van der Waals surface area contributed by atoms with E-state index in [1.165, 1.54) is 9.80 Å². The normalized spacial score (nSPS) is 33.2. The molecule has 4 saturated heterocycles. The van der Waals surface area contributed by atoms with Crippen LogP contribution in [0.25, 0.3) is 0 Å². The summed E-state index contributed by atoms with van der Waals surface area (Å²) in [6, 6.07) is 0.393. The van der Waals surface area contributed by atoms with Gasteiger partial charge in [-0.3, -0.25) is 48.6 Å². The number of hydrogen-bond acceptors (Lipinski definition) is 8. The van der Waals surface area contributed by atoms with Crippen molar-refractivity contribution < 1.29 is 19.2 Å². The van der Waals surface area contributed by atoms with Crippen molar-refractivity contribution in [3.05, 3.63) is 0 Å². The maximum Gasteiger partial charge on any atom is 0.244 e. The van der Waals surface area contributed by atoms with Gasteiger partial charge in [0.1, 0.15) is 0 Å². The van der Waals surface area contributed by atoms with Gasteiger partial charge in [-0.05, 0) is 65.2 Å². The van der Waals surface area contributed by atoms with Gasteiger partial charge in [-0.1, -0.05) is 13.8 Å². The first-order valence-electron chi connectivity index (χ1n) is 14.6. The van der Waals surface area contributed by atoms with E-state index in [1.54, 1.807) is 0 Å². The number of piperidine rings is 2. The van der Waals surface area contributed by atoms with Gasteiger partial charge in [0.25, 0.3) is 0 Å². The van der Waals surface area contributed by atoms with Crippen LogP contribution in [0.2, 0.25) is 0 Å². The summed E-state index contributed by atoms with van der Waals surface area (Å²) in [5, 5.41) is 0. The Labute approximate surface area is 228 Å². The van der Waals surface area contributed by atoms with Crippen molar-refractivity contribution in [3.8, 4) is 0 Å². The standard InChI is InChI=1S/C28H48N6O4/c1-19-7-9-29(21(3)11-19)17-33-25(35)13-31(14-26(33)36)23(5)24(6)32-15-27(37)34(28(38)16-32)18-30-10-8-20(2)12-22(30)4/h19-24H,7-18H2,1-6H3. The molecular formula is C28H48N6O4. The van der Waals surface area contributed by atoms with E-state index < -0.39 is 0 Å². The number of carbonyl (C=O) groups is 4. The van der Waals surface area contributed by atoms with Crippen molar-refractivity contribution in [1.29, 1.82) is 0 Å². The predicted octanol–water partition coefficient (Wildman–Crippen LogP) is 1.26. The zero-order chi connectivity index (χ0) is 27.7. The van der Waals surface area contributed by atoms with Crippen molar-refractivity contribution in [1.82, 2.24) is 29.4 Å². The third kappa shape index (κ3) is 6.46. The Bertz CT molecular complexity index is 806. The van der Waals surface area contributed by atoms with Crippen LogP contribution in [0.3, 0.4) is 0 Å². The number of imide groups is 2. The highest BCUT2D eigenvalue weighted by Gasteiger charge is 2.41. The minimum atomic E-state index is -0.173. The second kappa shape index (κ2) is 12.1. The van der Waals surface area contributed by atoms with E-state index >= 15 is 0 Å². The third-order valence-electron chi connectivity index (χ3n) is 9.61. The molecule has 10 nitrogen and oxygen atoms in total. The fourth-order valence-electron chi connectivity index (χ4n) is 6.62. The van der Waals surface area contributed by atoms with Crippen LogP contribution in [-0.2, 0) is 19.2 Å². The third-order valence-corrected chi connectivity index (χ3v) is 9.61. The van der Waals surface area contributed by atoms with Crippen molar-refractivity contribution in [3.63, 3.8) is 0 Å². The second-order valence-corrected chi connectivity index (χ2v) is 12.6. The maximum absolute atomic E-state index is 13.0. The van der Waals surface area contributed by atoms with Gasteiger partial charge in [-0.15, -0.1) is 0 Å². The molecule has 4 heterocycles. The van der Waals surface area contributed by atoms with Crippen LogP contribution in [0.1, 0.15) is 67.2 Å². The van der Waals surface area contributed by atoms with Crippen molar-refractivity contribution in [2.45, 2.75) is 91.4 Å². The second-order valence-electron chi connectivity index (χ2n) is 12.6. The molecule has 0 saturated carbocycles. The lowest BCUT2D eigenvalue weighted by molar-refractivity contribution is -0.160. The number of hydrogen-bond donors (Lipinski definition) is 0. The monoisotopic (exact) mass is 532 g/mol. The molecule has 4 aliphatic heterocycles. The van der Waals surface area contributed by atoms with Crippen LogP contribution >= 0.6 is 0 Å². The topological polar surface area (TPSA) is 87.7 Å². The Hall–Kier alpha value is -1.88. The van der Waals surface area contributed by atoms with Crippen LogP contribution in [0.15, 0.2) is 0 Å². The van der Waals surface area contributed by atoms with E-state index in [1.807, 2.05) is 23.6 Å². The molecule has 10 heteroatoms. The van der Waals surface area contributed by atoms with Crippen LogP contribution in [0.5, 0.6) is 0 Å². The van der Waals surface area contributed by atoms with Gasteiger partial charge in [0.2, 0.25) is 23.6 Å². The van der Waals surface area contributed by atoms with E-state index in [4.69, 9.17) is 0 Å². The lowest BCUT2D eigenvalue weighted by Crippen LogP contribution is -2.64. The lowest BCUT2D eigenvalue weighted by atomic mass is 9.94. The molecule has 6 atom stereocenters. The van der Waals surface area contributed by atoms with Gasteiger partial charge in [-0.25, -0.2) is 0 Å². The first-order chi connectivity index (χ1) is 17.9. The molecule has 0 spiro atoms. The molecule has 0 N–H and O–H groups in total. The summed E-state index contributed by atoms with van der Waals surface area (Å²) in [7, 11) is 0. The summed E-state index contributed by atoms with van der Waals surface area (Å²) < 4.78 is 0. The Balaban J connectivity index is 1.30. The van der Waals surface area contributed by atoms with Gasteiger partial charge in [-0.2, -0.15) is 0 Å².